The lowest BCUT2D eigenvalue weighted by Crippen LogP contribution is -2.36. The smallest absolute Gasteiger partial charge is 0.309 e. The number of benzene rings is 2. The van der Waals surface area contributed by atoms with E-state index >= 15 is 0 Å². The molecular formula is C24H28ClN3O5. The average molecular weight is 474 g/mol. The SMILES string of the molecule is CC(=O)NC(CC(=O)OC(C)C(=O)Nc1ccc(N2CCOCC2)cc1)c1ccc(Cl)cc1. The summed E-state index contributed by atoms with van der Waals surface area (Å²) in [5.41, 5.74) is 2.38. The molecule has 3 rings (SSSR count). The minimum atomic E-state index is -1.00. The number of morpholine rings is 1. The standard InChI is InChI=1S/C24H28ClN3O5/c1-16(24(31)27-20-7-9-21(10-8-20)28-11-13-32-14-12-28)33-23(30)15-22(26-17(2)29)18-3-5-19(25)6-4-18/h3-10,16,22H,11-15H2,1-2H3,(H,26,29)(H,27,31). The maximum atomic E-state index is 12.5. The molecule has 0 aromatic heterocycles. The zero-order chi connectivity index (χ0) is 23.8. The van der Waals surface area contributed by atoms with Gasteiger partial charge in [0.05, 0.1) is 25.7 Å². The number of hydrogen-bond acceptors (Lipinski definition) is 6. The molecule has 33 heavy (non-hydrogen) atoms. The lowest BCUT2D eigenvalue weighted by atomic mass is 10.0. The van der Waals surface area contributed by atoms with E-state index in [1.54, 1.807) is 24.3 Å². The van der Waals surface area contributed by atoms with Gasteiger partial charge in [-0.25, -0.2) is 0 Å². The lowest BCUT2D eigenvalue weighted by Gasteiger charge is -2.29. The van der Waals surface area contributed by atoms with Gasteiger partial charge in [0.1, 0.15) is 0 Å². The molecule has 1 aliphatic rings. The van der Waals surface area contributed by atoms with Crippen LogP contribution in [0.4, 0.5) is 11.4 Å². The van der Waals surface area contributed by atoms with Crippen molar-refractivity contribution in [2.45, 2.75) is 32.4 Å². The van der Waals surface area contributed by atoms with Crippen molar-refractivity contribution in [3.05, 3.63) is 59.1 Å². The van der Waals surface area contributed by atoms with Crippen LogP contribution in [0.3, 0.4) is 0 Å². The Balaban J connectivity index is 1.53. The van der Waals surface area contributed by atoms with Gasteiger partial charge in [-0.2, -0.15) is 0 Å². The Bertz CT molecular complexity index is 959. The van der Waals surface area contributed by atoms with Crippen LogP contribution in [0.1, 0.15) is 31.9 Å². The van der Waals surface area contributed by atoms with Gasteiger partial charge in [0, 0.05) is 36.4 Å². The van der Waals surface area contributed by atoms with Crippen LogP contribution < -0.4 is 15.5 Å². The number of hydrogen-bond donors (Lipinski definition) is 2. The van der Waals surface area contributed by atoms with Crippen LogP contribution in [0.25, 0.3) is 0 Å². The number of carbonyl (C=O) groups is 3. The van der Waals surface area contributed by atoms with Gasteiger partial charge in [0.15, 0.2) is 6.10 Å². The van der Waals surface area contributed by atoms with Crippen molar-refractivity contribution in [1.29, 1.82) is 0 Å². The van der Waals surface area contributed by atoms with Crippen molar-refractivity contribution in [3.63, 3.8) is 0 Å². The molecule has 0 saturated carbocycles. The minimum Gasteiger partial charge on any atom is -0.452 e. The molecule has 2 N–H and O–H groups in total. The molecule has 176 valence electrons. The first-order chi connectivity index (χ1) is 15.8. The highest BCUT2D eigenvalue weighted by atomic mass is 35.5. The number of rotatable bonds is 8. The third-order valence-electron chi connectivity index (χ3n) is 5.21. The van der Waals surface area contributed by atoms with Gasteiger partial charge in [-0.15, -0.1) is 0 Å². The Morgan fingerprint density at radius 1 is 1.06 bits per heavy atom. The van der Waals surface area contributed by atoms with Crippen LogP contribution in [-0.2, 0) is 23.9 Å². The molecule has 2 unspecified atom stereocenters. The maximum absolute atomic E-state index is 12.5. The Labute approximate surface area is 198 Å². The number of carbonyl (C=O) groups excluding carboxylic acids is 3. The summed E-state index contributed by atoms with van der Waals surface area (Å²) >= 11 is 5.92. The topological polar surface area (TPSA) is 97.0 Å². The summed E-state index contributed by atoms with van der Waals surface area (Å²) in [5.74, 6) is -1.33. The first kappa shape index (κ1) is 24.5. The highest BCUT2D eigenvalue weighted by molar-refractivity contribution is 6.30. The average Bonchev–Trinajstić information content (AvgIpc) is 2.80. The molecular weight excluding hydrogens is 446 g/mol. The van der Waals surface area contributed by atoms with Gasteiger partial charge in [-0.3, -0.25) is 14.4 Å². The number of nitrogens with one attached hydrogen (secondary N) is 2. The summed E-state index contributed by atoms with van der Waals surface area (Å²) in [6.07, 6.45) is -1.12. The maximum Gasteiger partial charge on any atom is 0.309 e. The molecule has 2 aromatic carbocycles. The molecule has 2 amide bonds. The zero-order valence-electron chi connectivity index (χ0n) is 18.7. The van der Waals surface area contributed by atoms with Gasteiger partial charge >= 0.3 is 5.97 Å². The second-order valence-electron chi connectivity index (χ2n) is 7.78. The monoisotopic (exact) mass is 473 g/mol. The van der Waals surface area contributed by atoms with Gasteiger partial charge < -0.3 is 25.0 Å². The molecule has 2 atom stereocenters. The van der Waals surface area contributed by atoms with Crippen molar-refractivity contribution < 1.29 is 23.9 Å². The Hall–Kier alpha value is -3.10. The summed E-state index contributed by atoms with van der Waals surface area (Å²) in [4.78, 5) is 38.8. The molecule has 0 bridgehead atoms. The first-order valence-corrected chi connectivity index (χ1v) is 11.2. The summed E-state index contributed by atoms with van der Waals surface area (Å²) < 4.78 is 10.7. The van der Waals surface area contributed by atoms with Crippen LogP contribution in [0.2, 0.25) is 5.02 Å². The summed E-state index contributed by atoms with van der Waals surface area (Å²) in [5, 5.41) is 6.03. The van der Waals surface area contributed by atoms with Crippen molar-refractivity contribution in [2.24, 2.45) is 0 Å². The molecule has 0 aliphatic carbocycles. The van der Waals surface area contributed by atoms with E-state index in [9.17, 15) is 14.4 Å². The largest absolute Gasteiger partial charge is 0.452 e. The van der Waals surface area contributed by atoms with E-state index in [1.807, 2.05) is 24.3 Å². The Morgan fingerprint density at radius 2 is 1.70 bits per heavy atom. The predicted molar refractivity (Wildman–Crippen MR) is 126 cm³/mol. The number of nitrogens with zero attached hydrogens (tertiary/aromatic N) is 1. The van der Waals surface area contributed by atoms with E-state index in [-0.39, 0.29) is 12.3 Å². The Kier molecular flexibility index (Phi) is 8.68. The molecule has 1 fully saturated rings. The zero-order valence-corrected chi connectivity index (χ0v) is 19.4. The van der Waals surface area contributed by atoms with E-state index in [1.165, 1.54) is 13.8 Å². The van der Waals surface area contributed by atoms with Gasteiger partial charge in [0.25, 0.3) is 5.91 Å². The molecule has 1 heterocycles. The minimum absolute atomic E-state index is 0.118. The highest BCUT2D eigenvalue weighted by Crippen LogP contribution is 2.21. The molecule has 8 nitrogen and oxygen atoms in total. The number of amides is 2. The first-order valence-electron chi connectivity index (χ1n) is 10.8. The lowest BCUT2D eigenvalue weighted by molar-refractivity contribution is -0.153. The number of ether oxygens (including phenoxy) is 2. The summed E-state index contributed by atoms with van der Waals surface area (Å²) in [7, 11) is 0. The summed E-state index contributed by atoms with van der Waals surface area (Å²) in [6.45, 7) is 5.92. The van der Waals surface area contributed by atoms with Crippen molar-refractivity contribution in [3.8, 4) is 0 Å². The van der Waals surface area contributed by atoms with Crippen LogP contribution in [0.5, 0.6) is 0 Å². The molecule has 2 aromatic rings. The quantitative estimate of drug-likeness (QED) is 0.571. The van der Waals surface area contributed by atoms with E-state index in [0.717, 1.165) is 18.8 Å². The van der Waals surface area contributed by atoms with Crippen LogP contribution in [0.15, 0.2) is 48.5 Å². The van der Waals surface area contributed by atoms with Crippen molar-refractivity contribution >= 4 is 40.8 Å². The number of halogens is 1. The fraction of sp³-hybridized carbons (Fsp3) is 0.375. The second kappa shape index (κ2) is 11.7. The molecule has 1 saturated heterocycles. The van der Waals surface area contributed by atoms with Gasteiger partial charge in [-0.05, 0) is 48.9 Å². The van der Waals surface area contributed by atoms with E-state index in [0.29, 0.717) is 29.5 Å². The normalized spacial score (nSPS) is 15.3. The number of anilines is 2. The van der Waals surface area contributed by atoms with Crippen molar-refractivity contribution in [2.75, 3.05) is 36.5 Å². The second-order valence-corrected chi connectivity index (χ2v) is 8.21. The van der Waals surface area contributed by atoms with Crippen LogP contribution in [-0.4, -0.2) is 50.2 Å². The van der Waals surface area contributed by atoms with Gasteiger partial charge in [-0.1, -0.05) is 23.7 Å². The highest BCUT2D eigenvalue weighted by Gasteiger charge is 2.23. The Morgan fingerprint density at radius 3 is 2.30 bits per heavy atom. The van der Waals surface area contributed by atoms with Crippen LogP contribution >= 0.6 is 11.6 Å². The third kappa shape index (κ3) is 7.47. The van der Waals surface area contributed by atoms with Gasteiger partial charge in [0.2, 0.25) is 5.91 Å². The molecule has 0 radical (unpaired) electrons. The molecule has 0 spiro atoms. The van der Waals surface area contributed by atoms with E-state index < -0.39 is 24.0 Å². The van der Waals surface area contributed by atoms with E-state index in [4.69, 9.17) is 21.1 Å². The summed E-state index contributed by atoms with van der Waals surface area (Å²) in [6, 6.07) is 13.7. The molecule has 1 aliphatic heterocycles. The van der Waals surface area contributed by atoms with Crippen LogP contribution in [0, 0.1) is 0 Å². The predicted octanol–water partition coefficient (Wildman–Crippen LogP) is 3.31. The fourth-order valence-electron chi connectivity index (χ4n) is 3.48. The molecule has 9 heteroatoms. The third-order valence-corrected chi connectivity index (χ3v) is 5.46. The fourth-order valence-corrected chi connectivity index (χ4v) is 3.61. The van der Waals surface area contributed by atoms with E-state index in [2.05, 4.69) is 15.5 Å². The number of esters is 1. The van der Waals surface area contributed by atoms with Crippen molar-refractivity contribution in [1.82, 2.24) is 5.32 Å².